The van der Waals surface area contributed by atoms with Crippen molar-refractivity contribution in [2.24, 2.45) is 5.92 Å². The lowest BCUT2D eigenvalue weighted by atomic mass is 10.1. The number of carboxylic acids is 1. The maximum absolute atomic E-state index is 10.6. The molecule has 0 amide bonds. The van der Waals surface area contributed by atoms with E-state index >= 15 is 0 Å². The Hall–Kier alpha value is -1.18. The van der Waals surface area contributed by atoms with Crippen LogP contribution in [0.25, 0.3) is 0 Å². The van der Waals surface area contributed by atoms with E-state index in [4.69, 9.17) is 5.11 Å². The average molecular weight is 280 g/mol. The lowest BCUT2D eigenvalue weighted by Crippen LogP contribution is -2.07. The molecule has 0 aromatic rings. The minimum Gasteiger partial charge on any atom is -0.481 e. The largest absolute Gasteiger partial charge is 0.481 e. The molecule has 0 fully saturated rings. The van der Waals surface area contributed by atoms with Gasteiger partial charge in [0.15, 0.2) is 0 Å². The van der Waals surface area contributed by atoms with Crippen LogP contribution in [0, 0.1) is 5.92 Å². The summed E-state index contributed by atoms with van der Waals surface area (Å²) in [5.74, 6) is 0.832. The summed E-state index contributed by atoms with van der Waals surface area (Å²) >= 11 is 1.82. The van der Waals surface area contributed by atoms with Gasteiger partial charge in [-0.15, -0.1) is 5.73 Å². The predicted octanol–water partition coefficient (Wildman–Crippen LogP) is 4.45. The van der Waals surface area contributed by atoms with E-state index in [0.717, 1.165) is 24.3 Å². The van der Waals surface area contributed by atoms with Gasteiger partial charge in [0.05, 0.1) is 5.92 Å². The van der Waals surface area contributed by atoms with Gasteiger partial charge in [-0.05, 0) is 31.4 Å². The molecule has 2 nitrogen and oxygen atoms in total. The summed E-state index contributed by atoms with van der Waals surface area (Å²) in [6.07, 6.45) is 15.1. The van der Waals surface area contributed by atoms with Gasteiger partial charge in [0, 0.05) is 11.5 Å². The number of thioether (sulfide) groups is 1. The number of aliphatic carboxylic acids is 1. The SMILES string of the molecule is CC/C=C\C/C=C\CSCC=C=CCC(C)C(=O)O. The van der Waals surface area contributed by atoms with E-state index in [1.807, 2.05) is 17.8 Å². The molecule has 0 heterocycles. The van der Waals surface area contributed by atoms with Crippen LogP contribution in [0.15, 0.2) is 42.2 Å². The van der Waals surface area contributed by atoms with Gasteiger partial charge in [0.25, 0.3) is 0 Å². The Bertz CT molecular complexity index is 350. The number of hydrogen-bond acceptors (Lipinski definition) is 2. The molecule has 1 atom stereocenters. The van der Waals surface area contributed by atoms with Crippen molar-refractivity contribution in [3.8, 4) is 0 Å². The number of allylic oxidation sites excluding steroid dienone is 3. The number of hydrogen-bond donors (Lipinski definition) is 1. The van der Waals surface area contributed by atoms with Crippen LogP contribution in [-0.2, 0) is 4.79 Å². The fraction of sp³-hybridized carbons (Fsp3) is 0.500. The molecule has 0 bridgehead atoms. The Morgan fingerprint density at radius 3 is 2.63 bits per heavy atom. The first kappa shape index (κ1) is 17.8. The van der Waals surface area contributed by atoms with E-state index in [1.165, 1.54) is 0 Å². The lowest BCUT2D eigenvalue weighted by Gasteiger charge is -1.97. The van der Waals surface area contributed by atoms with Crippen molar-refractivity contribution >= 4 is 17.7 Å². The Morgan fingerprint density at radius 2 is 1.95 bits per heavy atom. The second-order valence-electron chi connectivity index (χ2n) is 4.17. The lowest BCUT2D eigenvalue weighted by molar-refractivity contribution is -0.140. The molecule has 0 saturated carbocycles. The van der Waals surface area contributed by atoms with Crippen LogP contribution in [0.1, 0.15) is 33.1 Å². The molecule has 1 unspecified atom stereocenters. The zero-order valence-corrected chi connectivity index (χ0v) is 12.7. The maximum Gasteiger partial charge on any atom is 0.306 e. The van der Waals surface area contributed by atoms with Gasteiger partial charge < -0.3 is 5.11 Å². The molecule has 0 spiro atoms. The van der Waals surface area contributed by atoms with Crippen molar-refractivity contribution in [3.63, 3.8) is 0 Å². The molecule has 106 valence electrons. The Labute approximate surface area is 121 Å². The summed E-state index contributed by atoms with van der Waals surface area (Å²) in [6, 6.07) is 0. The van der Waals surface area contributed by atoms with Crippen molar-refractivity contribution in [1.29, 1.82) is 0 Å². The zero-order chi connectivity index (χ0) is 14.3. The van der Waals surface area contributed by atoms with E-state index < -0.39 is 5.97 Å². The minimum atomic E-state index is -0.755. The highest BCUT2D eigenvalue weighted by Crippen LogP contribution is 2.03. The van der Waals surface area contributed by atoms with E-state index in [-0.39, 0.29) is 5.92 Å². The molecule has 0 aliphatic carbocycles. The monoisotopic (exact) mass is 280 g/mol. The van der Waals surface area contributed by atoms with Crippen LogP contribution in [0.4, 0.5) is 0 Å². The van der Waals surface area contributed by atoms with Crippen molar-refractivity contribution in [2.75, 3.05) is 11.5 Å². The van der Waals surface area contributed by atoms with E-state index in [0.29, 0.717) is 6.42 Å². The third kappa shape index (κ3) is 13.1. The van der Waals surface area contributed by atoms with Gasteiger partial charge in [-0.1, -0.05) is 38.2 Å². The molecule has 0 saturated heterocycles. The first-order valence-electron chi connectivity index (χ1n) is 6.68. The predicted molar refractivity (Wildman–Crippen MR) is 84.6 cm³/mol. The van der Waals surface area contributed by atoms with Gasteiger partial charge in [0.2, 0.25) is 0 Å². The van der Waals surface area contributed by atoms with Crippen LogP contribution < -0.4 is 0 Å². The van der Waals surface area contributed by atoms with Gasteiger partial charge in [-0.2, -0.15) is 11.8 Å². The molecule has 0 aromatic carbocycles. The van der Waals surface area contributed by atoms with Gasteiger partial charge in [-0.25, -0.2) is 0 Å². The maximum atomic E-state index is 10.6. The second-order valence-corrected chi connectivity index (χ2v) is 5.25. The van der Waals surface area contributed by atoms with E-state index in [9.17, 15) is 4.79 Å². The summed E-state index contributed by atoms with van der Waals surface area (Å²) in [7, 11) is 0. The molecular weight excluding hydrogens is 256 g/mol. The first-order chi connectivity index (χ1) is 9.18. The summed E-state index contributed by atoms with van der Waals surface area (Å²) in [5.41, 5.74) is 3.02. The van der Waals surface area contributed by atoms with Crippen LogP contribution in [0.2, 0.25) is 0 Å². The minimum absolute atomic E-state index is 0.326. The Morgan fingerprint density at radius 1 is 1.21 bits per heavy atom. The topological polar surface area (TPSA) is 37.3 Å². The average Bonchev–Trinajstić information content (AvgIpc) is 2.39. The van der Waals surface area contributed by atoms with Crippen LogP contribution in [0.3, 0.4) is 0 Å². The highest BCUT2D eigenvalue weighted by atomic mass is 32.2. The number of carboxylic acid groups (broad SMARTS) is 1. The smallest absolute Gasteiger partial charge is 0.306 e. The summed E-state index contributed by atoms with van der Waals surface area (Å²) in [4.78, 5) is 10.6. The highest BCUT2D eigenvalue weighted by molar-refractivity contribution is 7.99. The summed E-state index contributed by atoms with van der Waals surface area (Å²) in [6.45, 7) is 3.83. The number of carbonyl (C=O) groups is 1. The quantitative estimate of drug-likeness (QED) is 0.365. The second kappa shape index (κ2) is 13.3. The van der Waals surface area contributed by atoms with E-state index in [2.05, 4.69) is 37.0 Å². The van der Waals surface area contributed by atoms with Crippen LogP contribution >= 0.6 is 11.8 Å². The summed E-state index contributed by atoms with van der Waals surface area (Å²) in [5, 5.41) is 8.68. The fourth-order valence-electron chi connectivity index (χ4n) is 1.18. The summed E-state index contributed by atoms with van der Waals surface area (Å²) < 4.78 is 0. The third-order valence-electron chi connectivity index (χ3n) is 2.39. The molecular formula is C16H24O2S. The van der Waals surface area contributed by atoms with Gasteiger partial charge in [0.1, 0.15) is 0 Å². The third-order valence-corrected chi connectivity index (χ3v) is 3.22. The molecule has 0 radical (unpaired) electrons. The molecule has 0 rings (SSSR count). The van der Waals surface area contributed by atoms with Gasteiger partial charge in [-0.3, -0.25) is 4.79 Å². The molecule has 19 heavy (non-hydrogen) atoms. The Balaban J connectivity index is 3.55. The zero-order valence-electron chi connectivity index (χ0n) is 11.8. The van der Waals surface area contributed by atoms with Crippen molar-refractivity contribution < 1.29 is 9.90 Å². The molecule has 0 aliphatic rings. The van der Waals surface area contributed by atoms with Crippen LogP contribution in [-0.4, -0.2) is 22.6 Å². The highest BCUT2D eigenvalue weighted by Gasteiger charge is 2.06. The standard InChI is InChI=1S/C16H24O2S/c1-3-4-5-6-7-10-13-19-14-11-8-9-12-15(2)16(17)18/h4-5,7,9-11,15H,3,6,12-14H2,1-2H3,(H,17,18)/b5-4-,10-7-. The Kier molecular flexibility index (Phi) is 12.4. The number of rotatable bonds is 10. The fourth-order valence-corrected chi connectivity index (χ4v) is 1.80. The molecule has 3 heteroatoms. The molecule has 0 aromatic heterocycles. The van der Waals surface area contributed by atoms with Crippen LogP contribution in [0.5, 0.6) is 0 Å². The van der Waals surface area contributed by atoms with Gasteiger partial charge >= 0.3 is 5.97 Å². The van der Waals surface area contributed by atoms with Crippen molar-refractivity contribution in [3.05, 3.63) is 42.2 Å². The van der Waals surface area contributed by atoms with Crippen molar-refractivity contribution in [1.82, 2.24) is 0 Å². The first-order valence-corrected chi connectivity index (χ1v) is 7.83. The molecule has 0 aliphatic heterocycles. The van der Waals surface area contributed by atoms with E-state index in [1.54, 1.807) is 13.0 Å². The molecule has 1 N–H and O–H groups in total. The normalized spacial score (nSPS) is 12.5. The van der Waals surface area contributed by atoms with Crippen molar-refractivity contribution in [2.45, 2.75) is 33.1 Å².